The minimum absolute atomic E-state index is 0.263. The molecule has 30 heavy (non-hydrogen) atoms. The average Bonchev–Trinajstić information content (AvgIpc) is 2.76. The Labute approximate surface area is 176 Å². The SMILES string of the molecule is CCC(C(=O)O)C(O)(c1ccc(OC)cc1)c1ccc(Oc2ccc(C)cc2)cc1. The molecule has 0 heterocycles. The third-order valence-corrected chi connectivity index (χ3v) is 5.29. The summed E-state index contributed by atoms with van der Waals surface area (Å²) in [7, 11) is 1.56. The normalized spacial score (nSPS) is 13.9. The van der Waals surface area contributed by atoms with Crippen LogP contribution in [0.25, 0.3) is 0 Å². The van der Waals surface area contributed by atoms with E-state index in [1.54, 1.807) is 62.6 Å². The van der Waals surface area contributed by atoms with Crippen molar-refractivity contribution in [1.29, 1.82) is 0 Å². The van der Waals surface area contributed by atoms with Crippen LogP contribution in [0.15, 0.2) is 72.8 Å². The van der Waals surface area contributed by atoms with Crippen LogP contribution in [0.3, 0.4) is 0 Å². The van der Waals surface area contributed by atoms with Gasteiger partial charge in [0.2, 0.25) is 0 Å². The Hall–Kier alpha value is -3.31. The van der Waals surface area contributed by atoms with Crippen molar-refractivity contribution in [1.82, 2.24) is 0 Å². The number of carbonyl (C=O) groups is 1. The van der Waals surface area contributed by atoms with Gasteiger partial charge >= 0.3 is 5.97 Å². The van der Waals surface area contributed by atoms with Crippen LogP contribution in [0.1, 0.15) is 30.0 Å². The fourth-order valence-electron chi connectivity index (χ4n) is 3.58. The summed E-state index contributed by atoms with van der Waals surface area (Å²) in [6.07, 6.45) is 0.263. The van der Waals surface area contributed by atoms with Gasteiger partial charge in [-0.3, -0.25) is 4.79 Å². The Balaban J connectivity index is 1.98. The zero-order valence-electron chi connectivity index (χ0n) is 17.3. The first kappa shape index (κ1) is 21.4. The minimum atomic E-state index is -1.70. The van der Waals surface area contributed by atoms with Gasteiger partial charge in [0.15, 0.2) is 0 Å². The Kier molecular flexibility index (Phi) is 6.43. The Morgan fingerprint density at radius 1 is 0.867 bits per heavy atom. The quantitative estimate of drug-likeness (QED) is 0.542. The number of aliphatic hydroxyl groups is 1. The second-order valence-corrected chi connectivity index (χ2v) is 7.23. The summed E-state index contributed by atoms with van der Waals surface area (Å²) < 4.78 is 11.0. The molecule has 0 saturated heterocycles. The third-order valence-electron chi connectivity index (χ3n) is 5.29. The number of carboxylic acid groups (broad SMARTS) is 1. The van der Waals surface area contributed by atoms with Crippen molar-refractivity contribution < 1.29 is 24.5 Å². The molecule has 0 spiro atoms. The molecular weight excluding hydrogens is 380 g/mol. The number of hydrogen-bond acceptors (Lipinski definition) is 4. The second kappa shape index (κ2) is 9.01. The lowest BCUT2D eigenvalue weighted by Crippen LogP contribution is -2.40. The van der Waals surface area contributed by atoms with E-state index < -0.39 is 17.5 Å². The van der Waals surface area contributed by atoms with Gasteiger partial charge < -0.3 is 19.7 Å². The van der Waals surface area contributed by atoms with Gasteiger partial charge in [0.1, 0.15) is 22.8 Å². The van der Waals surface area contributed by atoms with E-state index in [2.05, 4.69) is 0 Å². The highest BCUT2D eigenvalue weighted by atomic mass is 16.5. The maximum absolute atomic E-state index is 12.0. The first-order valence-corrected chi connectivity index (χ1v) is 9.83. The molecule has 0 saturated carbocycles. The van der Waals surface area contributed by atoms with E-state index in [1.807, 2.05) is 31.2 Å². The van der Waals surface area contributed by atoms with Crippen molar-refractivity contribution >= 4 is 5.97 Å². The highest BCUT2D eigenvalue weighted by Crippen LogP contribution is 2.40. The van der Waals surface area contributed by atoms with Crippen molar-refractivity contribution in [3.05, 3.63) is 89.5 Å². The van der Waals surface area contributed by atoms with Crippen molar-refractivity contribution in [3.63, 3.8) is 0 Å². The van der Waals surface area contributed by atoms with Gasteiger partial charge in [0, 0.05) is 0 Å². The molecule has 0 radical (unpaired) electrons. The second-order valence-electron chi connectivity index (χ2n) is 7.23. The van der Waals surface area contributed by atoms with Gasteiger partial charge in [-0.2, -0.15) is 0 Å². The lowest BCUT2D eigenvalue weighted by Gasteiger charge is -2.34. The molecule has 3 rings (SSSR count). The highest BCUT2D eigenvalue weighted by molar-refractivity contribution is 5.73. The van der Waals surface area contributed by atoms with E-state index in [0.29, 0.717) is 28.4 Å². The third kappa shape index (κ3) is 4.31. The van der Waals surface area contributed by atoms with Crippen molar-refractivity contribution in [3.8, 4) is 17.2 Å². The molecule has 3 aromatic rings. The van der Waals surface area contributed by atoms with Crippen LogP contribution in [0.5, 0.6) is 17.2 Å². The summed E-state index contributed by atoms with van der Waals surface area (Å²) >= 11 is 0. The monoisotopic (exact) mass is 406 g/mol. The summed E-state index contributed by atoms with van der Waals surface area (Å²) in [5.41, 5.74) is 0.416. The summed E-state index contributed by atoms with van der Waals surface area (Å²) in [5.74, 6) is -0.143. The number of methoxy groups -OCH3 is 1. The number of carboxylic acids is 1. The van der Waals surface area contributed by atoms with Gasteiger partial charge in [-0.15, -0.1) is 0 Å². The summed E-state index contributed by atoms with van der Waals surface area (Å²) in [5, 5.41) is 21.5. The van der Waals surface area contributed by atoms with Crippen LogP contribution in [-0.4, -0.2) is 23.3 Å². The van der Waals surface area contributed by atoms with E-state index in [4.69, 9.17) is 9.47 Å². The van der Waals surface area contributed by atoms with Crippen LogP contribution in [-0.2, 0) is 10.4 Å². The lowest BCUT2D eigenvalue weighted by atomic mass is 9.75. The smallest absolute Gasteiger partial charge is 0.310 e. The van der Waals surface area contributed by atoms with Gasteiger partial charge in [-0.05, 0) is 60.9 Å². The zero-order valence-corrected chi connectivity index (χ0v) is 17.3. The van der Waals surface area contributed by atoms with E-state index in [9.17, 15) is 15.0 Å². The number of rotatable bonds is 8. The number of benzene rings is 3. The van der Waals surface area contributed by atoms with Crippen LogP contribution in [0.4, 0.5) is 0 Å². The number of aryl methyl sites for hydroxylation is 1. The summed E-state index contributed by atoms with van der Waals surface area (Å²) in [6, 6.07) is 21.4. The van der Waals surface area contributed by atoms with Gasteiger partial charge in [-0.1, -0.05) is 48.9 Å². The predicted octanol–water partition coefficient (Wildman–Crippen LogP) is 5.14. The number of aliphatic carboxylic acids is 1. The van der Waals surface area contributed by atoms with Crippen LogP contribution < -0.4 is 9.47 Å². The lowest BCUT2D eigenvalue weighted by molar-refractivity contribution is -0.150. The summed E-state index contributed by atoms with van der Waals surface area (Å²) in [6.45, 7) is 3.76. The molecule has 2 atom stereocenters. The molecule has 3 aromatic carbocycles. The topological polar surface area (TPSA) is 76.0 Å². The van der Waals surface area contributed by atoms with Crippen LogP contribution in [0, 0.1) is 12.8 Å². The molecule has 0 aliphatic heterocycles. The van der Waals surface area contributed by atoms with Crippen molar-refractivity contribution in [2.24, 2.45) is 5.92 Å². The van der Waals surface area contributed by atoms with E-state index in [1.165, 1.54) is 0 Å². The Morgan fingerprint density at radius 3 is 1.70 bits per heavy atom. The first-order valence-electron chi connectivity index (χ1n) is 9.83. The van der Waals surface area contributed by atoms with Gasteiger partial charge in [0.05, 0.1) is 13.0 Å². The van der Waals surface area contributed by atoms with E-state index >= 15 is 0 Å². The van der Waals surface area contributed by atoms with Crippen LogP contribution >= 0.6 is 0 Å². The van der Waals surface area contributed by atoms with Crippen LogP contribution in [0.2, 0.25) is 0 Å². The minimum Gasteiger partial charge on any atom is -0.497 e. The maximum Gasteiger partial charge on any atom is 0.310 e. The van der Waals surface area contributed by atoms with Gasteiger partial charge in [0.25, 0.3) is 0 Å². The fourth-order valence-corrected chi connectivity index (χ4v) is 3.58. The van der Waals surface area contributed by atoms with Gasteiger partial charge in [-0.25, -0.2) is 0 Å². The first-order chi connectivity index (χ1) is 14.4. The number of hydrogen-bond donors (Lipinski definition) is 2. The van der Waals surface area contributed by atoms with Crippen molar-refractivity contribution in [2.45, 2.75) is 25.9 Å². The van der Waals surface area contributed by atoms with E-state index in [-0.39, 0.29) is 6.42 Å². The molecule has 0 fully saturated rings. The predicted molar refractivity (Wildman–Crippen MR) is 115 cm³/mol. The molecule has 0 aliphatic carbocycles. The molecule has 0 amide bonds. The fraction of sp³-hybridized carbons (Fsp3) is 0.240. The largest absolute Gasteiger partial charge is 0.497 e. The molecule has 0 bridgehead atoms. The average molecular weight is 406 g/mol. The molecule has 5 nitrogen and oxygen atoms in total. The Bertz CT molecular complexity index is 978. The maximum atomic E-state index is 12.0. The summed E-state index contributed by atoms with van der Waals surface area (Å²) in [4.78, 5) is 12.0. The van der Waals surface area contributed by atoms with Crippen molar-refractivity contribution in [2.75, 3.05) is 7.11 Å². The molecule has 156 valence electrons. The molecule has 0 aliphatic rings. The zero-order chi connectivity index (χ0) is 21.7. The molecule has 5 heteroatoms. The molecule has 2 unspecified atom stereocenters. The van der Waals surface area contributed by atoms with E-state index in [0.717, 1.165) is 5.56 Å². The molecule has 2 N–H and O–H groups in total. The molecular formula is C25H26O5. The standard InChI is InChI=1S/C25H26O5/c1-4-23(24(26)27)25(28,18-7-13-20(29-3)14-8-18)19-9-15-22(16-10-19)30-21-11-5-17(2)6-12-21/h5-16,23,28H,4H2,1-3H3,(H,26,27). The number of ether oxygens (including phenoxy) is 2. The Morgan fingerprint density at radius 2 is 1.30 bits per heavy atom. The highest BCUT2D eigenvalue weighted by Gasteiger charge is 2.43. The molecule has 0 aromatic heterocycles.